The average Bonchev–Trinajstić information content (AvgIpc) is 2.97. The molecule has 0 radical (unpaired) electrons. The maximum atomic E-state index is 14.3. The zero-order chi connectivity index (χ0) is 32.1. The third-order valence-electron chi connectivity index (χ3n) is 9.12. The number of rotatable bonds is 7. The summed E-state index contributed by atoms with van der Waals surface area (Å²) < 4.78 is 14.1. The number of hydrogen-bond donors (Lipinski definition) is 0. The number of methoxy groups -OCH3 is 1. The van der Waals surface area contributed by atoms with E-state index in [0.717, 1.165) is 60.1 Å². The van der Waals surface area contributed by atoms with Gasteiger partial charge in [-0.05, 0) is 75.6 Å². The second kappa shape index (κ2) is 12.4. The van der Waals surface area contributed by atoms with Gasteiger partial charge < -0.3 is 14.4 Å². The van der Waals surface area contributed by atoms with Crippen LogP contribution in [0, 0.1) is 14.4 Å². The minimum Gasteiger partial charge on any atom is -0.493 e. The summed E-state index contributed by atoms with van der Waals surface area (Å²) in [5.74, 6) is 1.03. The van der Waals surface area contributed by atoms with Crippen molar-refractivity contribution in [3.05, 3.63) is 114 Å². The van der Waals surface area contributed by atoms with Crippen LogP contribution in [0.25, 0.3) is 0 Å². The van der Waals surface area contributed by atoms with E-state index in [-0.39, 0.29) is 22.4 Å². The topological polar surface area (TPSA) is 55.8 Å². The number of halogens is 2. The molecular weight excluding hydrogens is 741 g/mol. The third kappa shape index (κ3) is 6.39. The number of hydrogen-bond acceptors (Lipinski definition) is 5. The average molecular weight is 781 g/mol. The molecule has 0 amide bonds. The van der Waals surface area contributed by atoms with E-state index in [9.17, 15) is 9.59 Å². The Morgan fingerprint density at radius 1 is 0.844 bits per heavy atom. The number of benzene rings is 3. The van der Waals surface area contributed by atoms with Crippen molar-refractivity contribution in [3.8, 4) is 11.5 Å². The van der Waals surface area contributed by atoms with Crippen molar-refractivity contribution >= 4 is 50.1 Å². The second-order valence-electron chi connectivity index (χ2n) is 14.0. The molecule has 1 aliphatic heterocycles. The maximum absolute atomic E-state index is 14.3. The third-order valence-corrected chi connectivity index (χ3v) is 10.7. The molecule has 45 heavy (non-hydrogen) atoms. The highest BCUT2D eigenvalue weighted by molar-refractivity contribution is 14.1. The minimum absolute atomic E-state index is 0.122. The lowest BCUT2D eigenvalue weighted by atomic mass is 9.63. The first-order valence-electron chi connectivity index (χ1n) is 15.4. The number of carbonyl (C=O) groups is 2. The van der Waals surface area contributed by atoms with Gasteiger partial charge >= 0.3 is 0 Å². The van der Waals surface area contributed by atoms with Crippen LogP contribution in [-0.2, 0) is 22.7 Å². The van der Waals surface area contributed by atoms with Gasteiger partial charge in [0.15, 0.2) is 23.1 Å². The molecule has 0 saturated heterocycles. The van der Waals surface area contributed by atoms with Crippen molar-refractivity contribution in [1.29, 1.82) is 0 Å². The number of ether oxygens (including phenoxy) is 2. The highest BCUT2D eigenvalue weighted by atomic mass is 127. The zero-order valence-corrected chi connectivity index (χ0v) is 30.3. The van der Waals surface area contributed by atoms with Gasteiger partial charge in [-0.2, -0.15) is 0 Å². The fraction of sp³-hybridized carbons (Fsp3) is 0.368. The Morgan fingerprint density at radius 2 is 1.42 bits per heavy atom. The van der Waals surface area contributed by atoms with E-state index in [0.29, 0.717) is 37.5 Å². The van der Waals surface area contributed by atoms with Crippen molar-refractivity contribution < 1.29 is 19.1 Å². The molecule has 6 rings (SSSR count). The van der Waals surface area contributed by atoms with Gasteiger partial charge in [0, 0.05) is 57.9 Å². The Hall–Kier alpha value is -2.91. The number of nitrogens with zero attached hydrogens (tertiary/aromatic N) is 1. The SMILES string of the molecule is COc1cc(C2C3=C(CC(C)(C)CC3=O)N(Cc3ccccc3)C3=C2C(=O)CC(C)(C)C3)cc(I)c1OCc1ccccc1Br. The van der Waals surface area contributed by atoms with Crippen molar-refractivity contribution in [2.75, 3.05) is 7.11 Å². The Labute approximate surface area is 288 Å². The van der Waals surface area contributed by atoms with E-state index < -0.39 is 5.92 Å². The summed E-state index contributed by atoms with van der Waals surface area (Å²) in [4.78, 5) is 30.8. The van der Waals surface area contributed by atoms with Gasteiger partial charge in [-0.3, -0.25) is 9.59 Å². The lowest BCUT2D eigenvalue weighted by Gasteiger charge is -2.49. The van der Waals surface area contributed by atoms with Gasteiger partial charge in [-0.1, -0.05) is 92.2 Å². The van der Waals surface area contributed by atoms with Crippen molar-refractivity contribution in [3.63, 3.8) is 0 Å². The summed E-state index contributed by atoms with van der Waals surface area (Å²) in [5.41, 5.74) is 6.34. The van der Waals surface area contributed by atoms with Crippen LogP contribution >= 0.6 is 38.5 Å². The Bertz CT molecular complexity index is 1690. The van der Waals surface area contributed by atoms with E-state index in [2.05, 4.69) is 89.3 Å². The standard InChI is InChI=1S/C38H39BrINO4/c1-37(2)17-28-34(30(42)19-37)33(25-15-27(40)36(32(16-25)44-5)45-22-24-13-9-10-14-26(24)39)35-29(18-38(3,4)20-31(35)43)41(28)21-23-11-7-6-8-12-23/h6-16,33H,17-22H2,1-5H3. The normalized spacial score (nSPS) is 19.4. The van der Waals surface area contributed by atoms with Crippen LogP contribution in [0.15, 0.2) is 93.7 Å². The fourth-order valence-electron chi connectivity index (χ4n) is 7.15. The number of allylic oxidation sites excluding steroid dienone is 4. The van der Waals surface area contributed by atoms with Gasteiger partial charge in [0.05, 0.1) is 10.7 Å². The summed E-state index contributed by atoms with van der Waals surface area (Å²) in [6.45, 7) is 9.69. The number of Topliss-reactive ketones (excluding diaryl/α,β-unsaturated/α-hetero) is 2. The number of carbonyl (C=O) groups excluding carboxylic acids is 2. The molecule has 0 N–H and O–H groups in total. The van der Waals surface area contributed by atoms with E-state index in [1.807, 2.05) is 48.5 Å². The Balaban J connectivity index is 1.51. The van der Waals surface area contributed by atoms with E-state index in [1.165, 1.54) is 0 Å². The minimum atomic E-state index is -0.450. The van der Waals surface area contributed by atoms with E-state index in [4.69, 9.17) is 9.47 Å². The fourth-order valence-corrected chi connectivity index (χ4v) is 8.33. The predicted molar refractivity (Wildman–Crippen MR) is 189 cm³/mol. The highest BCUT2D eigenvalue weighted by Crippen LogP contribution is 2.55. The van der Waals surface area contributed by atoms with Gasteiger partial charge in [0.1, 0.15) is 6.61 Å². The zero-order valence-electron chi connectivity index (χ0n) is 26.5. The molecule has 1 heterocycles. The Morgan fingerprint density at radius 3 is 2.00 bits per heavy atom. The molecule has 0 aromatic heterocycles. The van der Waals surface area contributed by atoms with Crippen molar-refractivity contribution in [1.82, 2.24) is 4.90 Å². The summed E-state index contributed by atoms with van der Waals surface area (Å²) in [6.07, 6.45) is 2.44. The van der Waals surface area contributed by atoms with Gasteiger partial charge in [-0.15, -0.1) is 0 Å². The highest BCUT2D eigenvalue weighted by Gasteiger charge is 2.49. The first-order chi connectivity index (χ1) is 21.4. The molecular formula is C38H39BrINO4. The molecule has 0 atom stereocenters. The molecule has 0 spiro atoms. The Kier molecular flexibility index (Phi) is 8.80. The molecule has 3 aliphatic rings. The second-order valence-corrected chi connectivity index (χ2v) is 16.0. The first kappa shape index (κ1) is 32.0. The quantitative estimate of drug-likeness (QED) is 0.224. The summed E-state index contributed by atoms with van der Waals surface area (Å²) in [5, 5.41) is 0. The molecule has 0 unspecified atom stereocenters. The van der Waals surface area contributed by atoms with Crippen LogP contribution in [0.1, 0.15) is 76.0 Å². The molecule has 2 aliphatic carbocycles. The predicted octanol–water partition coefficient (Wildman–Crippen LogP) is 9.53. The molecule has 0 bridgehead atoms. The van der Waals surface area contributed by atoms with Crippen molar-refractivity contribution in [2.24, 2.45) is 10.8 Å². The number of ketones is 2. The lowest BCUT2D eigenvalue weighted by Crippen LogP contribution is -2.44. The van der Waals surface area contributed by atoms with Gasteiger partial charge in [0.2, 0.25) is 0 Å². The summed E-state index contributed by atoms with van der Waals surface area (Å²) in [6, 6.07) is 22.4. The smallest absolute Gasteiger partial charge is 0.174 e. The van der Waals surface area contributed by atoms with E-state index in [1.54, 1.807) is 7.11 Å². The molecule has 0 fully saturated rings. The van der Waals surface area contributed by atoms with Crippen LogP contribution in [-0.4, -0.2) is 23.6 Å². The van der Waals surface area contributed by atoms with Gasteiger partial charge in [0.25, 0.3) is 0 Å². The van der Waals surface area contributed by atoms with Crippen LogP contribution in [0.5, 0.6) is 11.5 Å². The summed E-state index contributed by atoms with van der Waals surface area (Å²) in [7, 11) is 1.64. The van der Waals surface area contributed by atoms with Crippen molar-refractivity contribution in [2.45, 2.75) is 72.4 Å². The maximum Gasteiger partial charge on any atom is 0.174 e. The molecule has 3 aromatic carbocycles. The largest absolute Gasteiger partial charge is 0.493 e. The molecule has 3 aromatic rings. The monoisotopic (exact) mass is 779 g/mol. The van der Waals surface area contributed by atoms with Crippen LogP contribution < -0.4 is 9.47 Å². The molecule has 5 nitrogen and oxygen atoms in total. The van der Waals surface area contributed by atoms with Crippen LogP contribution in [0.3, 0.4) is 0 Å². The van der Waals surface area contributed by atoms with Crippen LogP contribution in [0.4, 0.5) is 0 Å². The van der Waals surface area contributed by atoms with Gasteiger partial charge in [-0.25, -0.2) is 0 Å². The summed E-state index contributed by atoms with van der Waals surface area (Å²) >= 11 is 5.90. The molecule has 7 heteroatoms. The lowest BCUT2D eigenvalue weighted by molar-refractivity contribution is -0.119. The molecule has 234 valence electrons. The van der Waals surface area contributed by atoms with Crippen LogP contribution in [0.2, 0.25) is 0 Å². The first-order valence-corrected chi connectivity index (χ1v) is 17.3. The van der Waals surface area contributed by atoms with E-state index >= 15 is 0 Å². The molecule has 0 saturated carbocycles.